The minimum atomic E-state index is 0.863. The molecule has 1 aromatic carbocycles. The number of rotatable bonds is 6. The van der Waals surface area contributed by atoms with Gasteiger partial charge in [-0.2, -0.15) is 0 Å². The average Bonchev–Trinajstić information content (AvgIpc) is 2.47. The molecule has 1 fully saturated rings. The summed E-state index contributed by atoms with van der Waals surface area (Å²) in [7, 11) is 1.73. The lowest BCUT2D eigenvalue weighted by Crippen LogP contribution is -2.36. The van der Waals surface area contributed by atoms with E-state index in [0.29, 0.717) is 0 Å². The van der Waals surface area contributed by atoms with Crippen molar-refractivity contribution in [3.63, 3.8) is 0 Å². The SMILES string of the molecule is CCNCC1CCN(Cc2cccc(OC)c2)CC1. The molecule has 0 aromatic heterocycles. The molecule has 106 valence electrons. The molecule has 0 bridgehead atoms. The van der Waals surface area contributed by atoms with E-state index in [-0.39, 0.29) is 0 Å². The molecule has 2 rings (SSSR count). The van der Waals surface area contributed by atoms with Crippen molar-refractivity contribution >= 4 is 0 Å². The first-order valence-corrected chi connectivity index (χ1v) is 7.37. The van der Waals surface area contributed by atoms with Crippen LogP contribution in [-0.4, -0.2) is 38.2 Å². The number of hydrogen-bond acceptors (Lipinski definition) is 3. The summed E-state index contributed by atoms with van der Waals surface area (Å²) in [5.41, 5.74) is 1.35. The van der Waals surface area contributed by atoms with Crippen molar-refractivity contribution in [3.8, 4) is 5.75 Å². The van der Waals surface area contributed by atoms with Crippen LogP contribution < -0.4 is 10.1 Å². The summed E-state index contributed by atoms with van der Waals surface area (Å²) in [6, 6.07) is 8.41. The van der Waals surface area contributed by atoms with Crippen molar-refractivity contribution in [1.82, 2.24) is 10.2 Å². The van der Waals surface area contributed by atoms with E-state index in [9.17, 15) is 0 Å². The molecule has 1 aromatic rings. The Morgan fingerprint density at radius 3 is 2.79 bits per heavy atom. The molecule has 0 amide bonds. The summed E-state index contributed by atoms with van der Waals surface area (Å²) < 4.78 is 5.28. The van der Waals surface area contributed by atoms with Crippen LogP contribution >= 0.6 is 0 Å². The monoisotopic (exact) mass is 262 g/mol. The van der Waals surface area contributed by atoms with Crippen molar-refractivity contribution in [2.45, 2.75) is 26.3 Å². The van der Waals surface area contributed by atoms with Crippen LogP contribution in [0.1, 0.15) is 25.3 Å². The minimum Gasteiger partial charge on any atom is -0.497 e. The number of likely N-dealkylation sites (tertiary alicyclic amines) is 1. The van der Waals surface area contributed by atoms with Gasteiger partial charge in [0, 0.05) is 6.54 Å². The van der Waals surface area contributed by atoms with Crippen LogP contribution in [0, 0.1) is 5.92 Å². The predicted octanol–water partition coefficient (Wildman–Crippen LogP) is 2.52. The normalized spacial score (nSPS) is 17.6. The highest BCUT2D eigenvalue weighted by molar-refractivity contribution is 5.28. The van der Waals surface area contributed by atoms with E-state index in [4.69, 9.17) is 4.74 Å². The van der Waals surface area contributed by atoms with Crippen LogP contribution in [0.5, 0.6) is 5.75 Å². The molecule has 1 heterocycles. The third kappa shape index (κ3) is 4.51. The maximum Gasteiger partial charge on any atom is 0.119 e. The van der Waals surface area contributed by atoms with E-state index in [1.807, 2.05) is 6.07 Å². The molecule has 0 aliphatic carbocycles. The number of benzene rings is 1. The van der Waals surface area contributed by atoms with Gasteiger partial charge in [0.2, 0.25) is 0 Å². The van der Waals surface area contributed by atoms with Gasteiger partial charge in [-0.15, -0.1) is 0 Å². The summed E-state index contributed by atoms with van der Waals surface area (Å²) in [6.45, 7) is 7.93. The van der Waals surface area contributed by atoms with Gasteiger partial charge >= 0.3 is 0 Å². The Bertz CT molecular complexity index is 373. The Morgan fingerprint density at radius 2 is 2.11 bits per heavy atom. The van der Waals surface area contributed by atoms with E-state index in [0.717, 1.165) is 24.8 Å². The van der Waals surface area contributed by atoms with Gasteiger partial charge in [-0.1, -0.05) is 19.1 Å². The van der Waals surface area contributed by atoms with Gasteiger partial charge in [-0.3, -0.25) is 4.90 Å². The Kier molecular flexibility index (Phi) is 5.67. The van der Waals surface area contributed by atoms with E-state index in [1.54, 1.807) is 7.11 Å². The Morgan fingerprint density at radius 1 is 1.32 bits per heavy atom. The van der Waals surface area contributed by atoms with Gasteiger partial charge in [0.1, 0.15) is 5.75 Å². The van der Waals surface area contributed by atoms with Gasteiger partial charge in [0.05, 0.1) is 7.11 Å². The second kappa shape index (κ2) is 7.51. The van der Waals surface area contributed by atoms with Crippen molar-refractivity contribution in [1.29, 1.82) is 0 Å². The number of ether oxygens (including phenoxy) is 1. The highest BCUT2D eigenvalue weighted by atomic mass is 16.5. The number of piperidine rings is 1. The predicted molar refractivity (Wildman–Crippen MR) is 79.5 cm³/mol. The fourth-order valence-electron chi connectivity index (χ4n) is 2.73. The minimum absolute atomic E-state index is 0.863. The summed E-state index contributed by atoms with van der Waals surface area (Å²) >= 11 is 0. The number of methoxy groups -OCH3 is 1. The zero-order valence-electron chi connectivity index (χ0n) is 12.2. The number of nitrogens with one attached hydrogen (secondary N) is 1. The van der Waals surface area contributed by atoms with Crippen LogP contribution in [0.4, 0.5) is 0 Å². The van der Waals surface area contributed by atoms with Crippen LogP contribution in [0.3, 0.4) is 0 Å². The van der Waals surface area contributed by atoms with Crippen molar-refractivity contribution in [3.05, 3.63) is 29.8 Å². The van der Waals surface area contributed by atoms with Gasteiger partial charge in [0.15, 0.2) is 0 Å². The van der Waals surface area contributed by atoms with Crippen LogP contribution in [-0.2, 0) is 6.54 Å². The molecule has 3 nitrogen and oxygen atoms in total. The van der Waals surface area contributed by atoms with Gasteiger partial charge in [0.25, 0.3) is 0 Å². The van der Waals surface area contributed by atoms with E-state index in [1.165, 1.54) is 38.0 Å². The first kappa shape index (κ1) is 14.4. The first-order chi connectivity index (χ1) is 9.31. The largest absolute Gasteiger partial charge is 0.497 e. The second-order valence-electron chi connectivity index (χ2n) is 5.38. The first-order valence-electron chi connectivity index (χ1n) is 7.37. The molecule has 3 heteroatoms. The highest BCUT2D eigenvalue weighted by Gasteiger charge is 2.18. The fraction of sp³-hybridized carbons (Fsp3) is 0.625. The smallest absolute Gasteiger partial charge is 0.119 e. The van der Waals surface area contributed by atoms with Gasteiger partial charge in [-0.05, 0) is 62.6 Å². The quantitative estimate of drug-likeness (QED) is 0.852. The Balaban J connectivity index is 1.78. The lowest BCUT2D eigenvalue weighted by atomic mass is 9.96. The molecule has 1 N–H and O–H groups in total. The number of nitrogens with zero attached hydrogens (tertiary/aromatic N) is 1. The molecule has 0 unspecified atom stereocenters. The molecular weight excluding hydrogens is 236 g/mol. The molecule has 1 saturated heterocycles. The van der Waals surface area contributed by atoms with Crippen LogP contribution in [0.2, 0.25) is 0 Å². The van der Waals surface area contributed by atoms with Crippen LogP contribution in [0.15, 0.2) is 24.3 Å². The van der Waals surface area contributed by atoms with Crippen LogP contribution in [0.25, 0.3) is 0 Å². The van der Waals surface area contributed by atoms with E-state index >= 15 is 0 Å². The van der Waals surface area contributed by atoms with E-state index < -0.39 is 0 Å². The van der Waals surface area contributed by atoms with Crippen molar-refractivity contribution < 1.29 is 4.74 Å². The lowest BCUT2D eigenvalue weighted by molar-refractivity contribution is 0.175. The molecule has 0 spiro atoms. The molecule has 1 aliphatic rings. The fourth-order valence-corrected chi connectivity index (χ4v) is 2.73. The zero-order chi connectivity index (χ0) is 13.5. The van der Waals surface area contributed by atoms with Gasteiger partial charge in [-0.25, -0.2) is 0 Å². The van der Waals surface area contributed by atoms with Gasteiger partial charge < -0.3 is 10.1 Å². The molecule has 0 atom stereocenters. The molecule has 19 heavy (non-hydrogen) atoms. The standard InChI is InChI=1S/C16H26N2O/c1-3-17-12-14-7-9-18(10-8-14)13-15-5-4-6-16(11-15)19-2/h4-6,11,14,17H,3,7-10,12-13H2,1-2H3. The highest BCUT2D eigenvalue weighted by Crippen LogP contribution is 2.20. The summed E-state index contributed by atoms with van der Waals surface area (Å²) in [6.07, 6.45) is 2.63. The summed E-state index contributed by atoms with van der Waals surface area (Å²) in [5.74, 6) is 1.82. The van der Waals surface area contributed by atoms with Crippen molar-refractivity contribution in [2.75, 3.05) is 33.3 Å². The third-order valence-electron chi connectivity index (χ3n) is 3.93. The van der Waals surface area contributed by atoms with Crippen molar-refractivity contribution in [2.24, 2.45) is 5.92 Å². The average molecular weight is 262 g/mol. The third-order valence-corrected chi connectivity index (χ3v) is 3.93. The topological polar surface area (TPSA) is 24.5 Å². The lowest BCUT2D eigenvalue weighted by Gasteiger charge is -2.32. The molecule has 0 radical (unpaired) electrons. The zero-order valence-corrected chi connectivity index (χ0v) is 12.2. The Hall–Kier alpha value is -1.06. The molecule has 1 aliphatic heterocycles. The van der Waals surface area contributed by atoms with E-state index in [2.05, 4.69) is 35.3 Å². The maximum absolute atomic E-state index is 5.28. The summed E-state index contributed by atoms with van der Waals surface area (Å²) in [4.78, 5) is 2.55. The maximum atomic E-state index is 5.28. The molecule has 0 saturated carbocycles. The number of hydrogen-bond donors (Lipinski definition) is 1. The molecular formula is C16H26N2O. The Labute approximate surface area is 116 Å². The summed E-state index contributed by atoms with van der Waals surface area (Å²) in [5, 5.41) is 3.46. The second-order valence-corrected chi connectivity index (χ2v) is 5.38.